The molecule has 6 N–H and O–H groups in total. The Morgan fingerprint density at radius 1 is 0.800 bits per heavy atom. The zero-order valence-corrected chi connectivity index (χ0v) is 13.7. The van der Waals surface area contributed by atoms with Gasteiger partial charge in [-0.05, 0) is 39.8 Å². The molecule has 0 amide bonds. The minimum absolute atomic E-state index is 0.700. The van der Waals surface area contributed by atoms with Gasteiger partial charge in [0.25, 0.3) is 0 Å². The van der Waals surface area contributed by atoms with Gasteiger partial charge in [-0.25, -0.2) is 0 Å². The maximum absolute atomic E-state index is 8.26. The summed E-state index contributed by atoms with van der Waals surface area (Å²) in [4.78, 5) is 0. The van der Waals surface area contributed by atoms with Crippen LogP contribution in [0.4, 0.5) is 0 Å². The van der Waals surface area contributed by atoms with Gasteiger partial charge in [0.15, 0.2) is 0 Å². The van der Waals surface area contributed by atoms with Gasteiger partial charge < -0.3 is 0 Å². The summed E-state index contributed by atoms with van der Waals surface area (Å²) in [7, 11) is 0. The minimum atomic E-state index is 0.700. The van der Waals surface area contributed by atoms with Gasteiger partial charge in [-0.2, -0.15) is 10.2 Å². The van der Waals surface area contributed by atoms with Crippen molar-refractivity contribution in [3.63, 3.8) is 0 Å². The number of H-pyrrole nitrogens is 2. The van der Waals surface area contributed by atoms with E-state index in [1.165, 1.54) is 0 Å². The number of aromatic nitrogens is 4. The second-order valence-electron chi connectivity index (χ2n) is 3.38. The van der Waals surface area contributed by atoms with Gasteiger partial charge in [-0.15, -0.1) is 0 Å². The number of hydrogen-bond donors (Lipinski definition) is 6. The van der Waals surface area contributed by atoms with Crippen molar-refractivity contribution >= 4 is 0 Å². The zero-order valence-electron chi connectivity index (χ0n) is 11.7. The molecule has 0 fully saturated rings. The fraction of sp³-hybridized carbons (Fsp3) is 0.400. The van der Waals surface area contributed by atoms with Gasteiger partial charge in [0.2, 0.25) is 0 Å². The van der Waals surface area contributed by atoms with Crippen LogP contribution in [0, 0.1) is 27.7 Å². The Kier molecular flexibility index (Phi) is 21.1. The fourth-order valence-corrected chi connectivity index (χ4v) is 1.11. The van der Waals surface area contributed by atoms with Crippen molar-refractivity contribution in [1.82, 2.24) is 20.4 Å². The molecular weight excluding hydrogens is 352 g/mol. The Labute approximate surface area is 127 Å². The molecule has 0 unspecified atom stereocenters. The normalized spacial score (nSPS) is 7.40. The molecule has 0 atom stereocenters. The van der Waals surface area contributed by atoms with E-state index in [-0.39, 0.29) is 0 Å². The Hall–Kier alpha value is -1.25. The molecule has 0 saturated heterocycles. The van der Waals surface area contributed by atoms with Crippen LogP contribution in [0.2, 0.25) is 0 Å². The van der Waals surface area contributed by atoms with Gasteiger partial charge in [-0.1, -0.05) is 0 Å². The number of aromatic amines is 2. The third-order valence-electron chi connectivity index (χ3n) is 1.67. The van der Waals surface area contributed by atoms with E-state index in [9.17, 15) is 0 Å². The fourth-order valence-electron chi connectivity index (χ4n) is 1.11. The zero-order chi connectivity index (χ0) is 16.6. The van der Waals surface area contributed by atoms with E-state index in [0.717, 1.165) is 22.8 Å². The predicted octanol–water partition coefficient (Wildman–Crippen LogP) is 1.97. The first-order chi connectivity index (χ1) is 9.58. The van der Waals surface area contributed by atoms with Crippen LogP contribution >= 0.6 is 0 Å². The molecule has 0 bridgehead atoms. The van der Waals surface area contributed by atoms with E-state index in [0.29, 0.717) is 19.8 Å². The second-order valence-corrected chi connectivity index (χ2v) is 3.38. The third-order valence-corrected chi connectivity index (χ3v) is 1.67. The Morgan fingerprint density at radius 3 is 1.10 bits per heavy atom. The predicted molar refractivity (Wildman–Crippen MR) is 67.3 cm³/mol. The SMILES string of the molecule is Cc1cc(C)[nH]n1.Cc1cc(C)[nH]n1.OO.OO.[O]=[Mo]. The summed E-state index contributed by atoms with van der Waals surface area (Å²) in [5.41, 5.74) is 4.35. The molecule has 116 valence electrons. The maximum atomic E-state index is 8.26. The summed E-state index contributed by atoms with van der Waals surface area (Å²) < 4.78 is 8.26. The molecule has 2 aromatic heterocycles. The molecule has 9 nitrogen and oxygen atoms in total. The molecule has 0 saturated carbocycles. The van der Waals surface area contributed by atoms with Crippen LogP contribution in [-0.4, -0.2) is 41.4 Å². The number of nitrogens with one attached hydrogen (secondary N) is 2. The molecule has 0 aliphatic rings. The second kappa shape index (κ2) is 17.7. The molecule has 0 aliphatic heterocycles. The summed E-state index contributed by atoms with van der Waals surface area (Å²) in [5, 5.41) is 37.4. The molecule has 2 aromatic rings. The van der Waals surface area contributed by atoms with E-state index in [1.54, 1.807) is 0 Å². The topological polar surface area (TPSA) is 155 Å². The molecule has 0 aromatic carbocycles. The van der Waals surface area contributed by atoms with Crippen LogP contribution in [0.5, 0.6) is 0 Å². The quantitative estimate of drug-likeness (QED) is 0.235. The number of aryl methyl sites for hydroxylation is 4. The Morgan fingerprint density at radius 2 is 1.05 bits per heavy atom. The molecule has 0 aliphatic carbocycles. The number of rotatable bonds is 0. The summed E-state index contributed by atoms with van der Waals surface area (Å²) in [5.74, 6) is 0. The molecule has 0 radical (unpaired) electrons. The van der Waals surface area contributed by atoms with Gasteiger partial charge in [0, 0.05) is 11.4 Å². The monoisotopic (exact) mass is 374 g/mol. The first-order valence-corrected chi connectivity index (χ1v) is 5.94. The van der Waals surface area contributed by atoms with Crippen molar-refractivity contribution in [2.24, 2.45) is 0 Å². The van der Waals surface area contributed by atoms with Crippen LogP contribution in [0.15, 0.2) is 12.1 Å². The van der Waals surface area contributed by atoms with Crippen LogP contribution in [0.25, 0.3) is 0 Å². The first kappa shape index (κ1) is 23.8. The average molecular weight is 372 g/mol. The summed E-state index contributed by atoms with van der Waals surface area (Å²) in [6, 6.07) is 4.00. The van der Waals surface area contributed by atoms with E-state index in [2.05, 4.69) is 20.4 Å². The van der Waals surface area contributed by atoms with Gasteiger partial charge >= 0.3 is 23.2 Å². The van der Waals surface area contributed by atoms with Crippen molar-refractivity contribution in [2.75, 3.05) is 0 Å². The van der Waals surface area contributed by atoms with Crippen molar-refractivity contribution < 1.29 is 44.2 Å². The van der Waals surface area contributed by atoms with Crippen LogP contribution < -0.4 is 0 Å². The van der Waals surface area contributed by atoms with E-state index in [4.69, 9.17) is 24.4 Å². The van der Waals surface area contributed by atoms with Crippen molar-refractivity contribution in [3.05, 3.63) is 34.9 Å². The standard InChI is InChI=1S/2C5H8N2.Mo.2H2O2.O/c2*1-4-3-5(2)7-6-4;;2*1-2;/h2*3H,1-2H3,(H,6,7);;2*1-2H;. The summed E-state index contributed by atoms with van der Waals surface area (Å²) in [6.45, 7) is 7.90. The van der Waals surface area contributed by atoms with Crippen LogP contribution in [0.1, 0.15) is 22.8 Å². The van der Waals surface area contributed by atoms with Gasteiger partial charge in [0.1, 0.15) is 0 Å². The first-order valence-electron chi connectivity index (χ1n) is 5.12. The molecular formula is C10H20MoN4O5. The van der Waals surface area contributed by atoms with Gasteiger partial charge in [0.05, 0.1) is 11.4 Å². The number of nitrogens with zero attached hydrogens (tertiary/aromatic N) is 2. The molecule has 20 heavy (non-hydrogen) atoms. The molecule has 0 spiro atoms. The Bertz CT molecular complexity index is 350. The molecule has 2 rings (SSSR count). The average Bonchev–Trinajstić information content (AvgIpc) is 3.05. The summed E-state index contributed by atoms with van der Waals surface area (Å²) >= 11 is 0.700. The van der Waals surface area contributed by atoms with E-state index < -0.39 is 0 Å². The van der Waals surface area contributed by atoms with E-state index >= 15 is 0 Å². The molecule has 10 heteroatoms. The van der Waals surface area contributed by atoms with Crippen LogP contribution in [0.3, 0.4) is 0 Å². The summed E-state index contributed by atoms with van der Waals surface area (Å²) in [6.07, 6.45) is 0. The van der Waals surface area contributed by atoms with Crippen LogP contribution in [-0.2, 0) is 23.2 Å². The number of hydrogen-bond acceptors (Lipinski definition) is 7. The van der Waals surface area contributed by atoms with Crippen molar-refractivity contribution in [1.29, 1.82) is 0 Å². The Balaban J connectivity index is -0.000000211. The molecule has 2 heterocycles. The van der Waals surface area contributed by atoms with Gasteiger partial charge in [-0.3, -0.25) is 31.2 Å². The third kappa shape index (κ3) is 14.8. The van der Waals surface area contributed by atoms with Crippen molar-refractivity contribution in [2.45, 2.75) is 27.7 Å². The van der Waals surface area contributed by atoms with E-state index in [1.807, 2.05) is 39.8 Å². The van der Waals surface area contributed by atoms with Crippen molar-refractivity contribution in [3.8, 4) is 0 Å².